The minimum Gasteiger partial charge on any atom is -0.352 e. The molecular formula is C15H25N3O2S. The molecule has 1 N–H and O–H groups in total. The van der Waals surface area contributed by atoms with Crippen molar-refractivity contribution < 1.29 is 8.42 Å². The quantitative estimate of drug-likeness (QED) is 0.903. The minimum absolute atomic E-state index is 0.444. The highest BCUT2D eigenvalue weighted by atomic mass is 32.2. The maximum absolute atomic E-state index is 12.7. The Kier molecular flexibility index (Phi) is 4.38. The van der Waals surface area contributed by atoms with Crippen molar-refractivity contribution in [3.63, 3.8) is 0 Å². The molecule has 2 fully saturated rings. The van der Waals surface area contributed by atoms with Gasteiger partial charge in [-0.25, -0.2) is 8.42 Å². The monoisotopic (exact) mass is 311 g/mol. The lowest BCUT2D eigenvalue weighted by Crippen LogP contribution is -2.31. The second-order valence-electron chi connectivity index (χ2n) is 6.25. The Balaban J connectivity index is 1.75. The number of rotatable bonds is 5. The third-order valence-corrected chi connectivity index (χ3v) is 6.30. The molecule has 1 aliphatic heterocycles. The Hall–Kier alpha value is -0.850. The minimum atomic E-state index is -3.33. The largest absolute Gasteiger partial charge is 0.352 e. The van der Waals surface area contributed by atoms with Gasteiger partial charge in [0.2, 0.25) is 10.0 Å². The van der Waals surface area contributed by atoms with Crippen LogP contribution in [0.1, 0.15) is 44.2 Å². The van der Waals surface area contributed by atoms with E-state index in [9.17, 15) is 8.42 Å². The molecule has 1 aromatic rings. The van der Waals surface area contributed by atoms with Gasteiger partial charge in [-0.05, 0) is 31.7 Å². The number of sulfonamides is 1. The summed E-state index contributed by atoms with van der Waals surface area (Å²) in [6.07, 6.45) is 8.45. The second-order valence-corrected chi connectivity index (χ2v) is 8.19. The molecule has 118 valence electrons. The summed E-state index contributed by atoms with van der Waals surface area (Å²) < 4.78 is 29.1. The molecule has 0 atom stereocenters. The average molecular weight is 311 g/mol. The van der Waals surface area contributed by atoms with E-state index < -0.39 is 10.0 Å². The van der Waals surface area contributed by atoms with Gasteiger partial charge in [0, 0.05) is 44.6 Å². The van der Waals surface area contributed by atoms with Crippen molar-refractivity contribution >= 4 is 10.0 Å². The normalized spacial score (nSPS) is 21.4. The van der Waals surface area contributed by atoms with E-state index in [1.54, 1.807) is 10.5 Å². The van der Waals surface area contributed by atoms with Crippen LogP contribution in [-0.4, -0.2) is 36.4 Å². The molecule has 2 heterocycles. The maximum atomic E-state index is 12.7. The molecule has 0 spiro atoms. The van der Waals surface area contributed by atoms with Crippen LogP contribution in [-0.2, 0) is 23.6 Å². The Morgan fingerprint density at radius 1 is 1.19 bits per heavy atom. The molecule has 0 unspecified atom stereocenters. The predicted octanol–water partition coefficient (Wildman–Crippen LogP) is 1.84. The summed E-state index contributed by atoms with van der Waals surface area (Å²) in [5.74, 6) is 0. The third-order valence-electron chi connectivity index (χ3n) is 4.43. The summed E-state index contributed by atoms with van der Waals surface area (Å²) in [6.45, 7) is 2.07. The number of aryl methyl sites for hydroxylation is 1. The van der Waals surface area contributed by atoms with E-state index in [0.29, 0.717) is 24.0 Å². The molecule has 3 rings (SSSR count). The van der Waals surface area contributed by atoms with Crippen LogP contribution in [0.15, 0.2) is 17.2 Å². The predicted molar refractivity (Wildman–Crippen MR) is 82.5 cm³/mol. The van der Waals surface area contributed by atoms with Crippen LogP contribution in [0.2, 0.25) is 0 Å². The van der Waals surface area contributed by atoms with Gasteiger partial charge in [0.15, 0.2) is 0 Å². The fraction of sp³-hybridized carbons (Fsp3) is 0.733. The first-order valence-electron chi connectivity index (χ1n) is 7.96. The van der Waals surface area contributed by atoms with Gasteiger partial charge in [0.05, 0.1) is 0 Å². The van der Waals surface area contributed by atoms with Crippen molar-refractivity contribution in [1.82, 2.24) is 14.2 Å². The maximum Gasteiger partial charge on any atom is 0.244 e. The SMILES string of the molecule is Cn1cc(S(=O)(=O)N2CCCCCC2)cc1CNC1CC1. The molecule has 1 aromatic heterocycles. The Labute approximate surface area is 127 Å². The first-order valence-corrected chi connectivity index (χ1v) is 9.40. The molecule has 0 radical (unpaired) electrons. The standard InChI is InChI=1S/C15H25N3O2S/c1-17-12-15(10-14(17)11-16-13-6-7-13)21(19,20)18-8-4-2-3-5-9-18/h10,12-13,16H,2-9,11H2,1H3. The summed E-state index contributed by atoms with van der Waals surface area (Å²) in [4.78, 5) is 0.444. The summed E-state index contributed by atoms with van der Waals surface area (Å²) in [5, 5.41) is 3.44. The van der Waals surface area contributed by atoms with E-state index in [4.69, 9.17) is 0 Å². The molecule has 1 saturated carbocycles. The zero-order chi connectivity index (χ0) is 14.9. The van der Waals surface area contributed by atoms with Gasteiger partial charge in [-0.3, -0.25) is 0 Å². The van der Waals surface area contributed by atoms with Crippen molar-refractivity contribution in [2.75, 3.05) is 13.1 Å². The number of nitrogens with zero attached hydrogens (tertiary/aromatic N) is 2. The number of aromatic nitrogens is 1. The lowest BCUT2D eigenvalue weighted by molar-refractivity contribution is 0.423. The highest BCUT2D eigenvalue weighted by molar-refractivity contribution is 7.89. The Morgan fingerprint density at radius 3 is 2.48 bits per heavy atom. The highest BCUT2D eigenvalue weighted by Crippen LogP contribution is 2.23. The van der Waals surface area contributed by atoms with Crippen molar-refractivity contribution in [1.29, 1.82) is 0 Å². The fourth-order valence-electron chi connectivity index (χ4n) is 2.86. The Morgan fingerprint density at radius 2 is 1.86 bits per heavy atom. The van der Waals surface area contributed by atoms with Gasteiger partial charge in [-0.2, -0.15) is 4.31 Å². The zero-order valence-corrected chi connectivity index (χ0v) is 13.5. The molecule has 6 heteroatoms. The van der Waals surface area contributed by atoms with Crippen LogP contribution in [0.5, 0.6) is 0 Å². The van der Waals surface area contributed by atoms with Crippen LogP contribution in [0.3, 0.4) is 0 Å². The summed E-state index contributed by atoms with van der Waals surface area (Å²) >= 11 is 0. The lowest BCUT2D eigenvalue weighted by Gasteiger charge is -2.18. The number of nitrogens with one attached hydrogen (secondary N) is 1. The molecule has 2 aliphatic rings. The summed E-state index contributed by atoms with van der Waals surface area (Å²) in [5.41, 5.74) is 1.04. The van der Waals surface area contributed by atoms with Gasteiger partial charge >= 0.3 is 0 Å². The van der Waals surface area contributed by atoms with E-state index >= 15 is 0 Å². The first-order chi connectivity index (χ1) is 10.1. The lowest BCUT2D eigenvalue weighted by atomic mass is 10.2. The van der Waals surface area contributed by atoms with E-state index in [1.165, 1.54) is 12.8 Å². The van der Waals surface area contributed by atoms with Gasteiger partial charge < -0.3 is 9.88 Å². The zero-order valence-electron chi connectivity index (χ0n) is 12.7. The second kappa shape index (κ2) is 6.10. The van der Waals surface area contributed by atoms with Crippen LogP contribution >= 0.6 is 0 Å². The van der Waals surface area contributed by atoms with E-state index in [0.717, 1.165) is 37.9 Å². The molecule has 21 heavy (non-hydrogen) atoms. The van der Waals surface area contributed by atoms with Crippen LogP contribution < -0.4 is 5.32 Å². The van der Waals surface area contributed by atoms with E-state index in [1.807, 2.05) is 17.7 Å². The van der Waals surface area contributed by atoms with E-state index in [2.05, 4.69) is 5.32 Å². The molecule has 1 saturated heterocycles. The third kappa shape index (κ3) is 3.49. The van der Waals surface area contributed by atoms with Crippen molar-refractivity contribution in [3.05, 3.63) is 18.0 Å². The van der Waals surface area contributed by atoms with Crippen molar-refractivity contribution in [3.8, 4) is 0 Å². The van der Waals surface area contributed by atoms with Crippen molar-refractivity contribution in [2.45, 2.75) is 56.0 Å². The van der Waals surface area contributed by atoms with Gasteiger partial charge in [0.1, 0.15) is 4.90 Å². The molecule has 5 nitrogen and oxygen atoms in total. The van der Waals surface area contributed by atoms with Gasteiger partial charge in [-0.15, -0.1) is 0 Å². The summed E-state index contributed by atoms with van der Waals surface area (Å²) in [7, 11) is -1.40. The Bertz CT molecular complexity index is 582. The smallest absolute Gasteiger partial charge is 0.244 e. The number of hydrogen-bond acceptors (Lipinski definition) is 3. The molecule has 0 bridgehead atoms. The van der Waals surface area contributed by atoms with E-state index in [-0.39, 0.29) is 0 Å². The van der Waals surface area contributed by atoms with Crippen molar-refractivity contribution in [2.24, 2.45) is 7.05 Å². The van der Waals surface area contributed by atoms with Crippen LogP contribution in [0.25, 0.3) is 0 Å². The van der Waals surface area contributed by atoms with Crippen LogP contribution in [0, 0.1) is 0 Å². The molecular weight excluding hydrogens is 286 g/mol. The number of hydrogen-bond donors (Lipinski definition) is 1. The van der Waals surface area contributed by atoms with Gasteiger partial charge in [0.25, 0.3) is 0 Å². The van der Waals surface area contributed by atoms with Gasteiger partial charge in [-0.1, -0.05) is 12.8 Å². The molecule has 1 aliphatic carbocycles. The summed E-state index contributed by atoms with van der Waals surface area (Å²) in [6, 6.07) is 2.46. The first kappa shape index (κ1) is 15.1. The van der Waals surface area contributed by atoms with Crippen LogP contribution in [0.4, 0.5) is 0 Å². The highest BCUT2D eigenvalue weighted by Gasteiger charge is 2.27. The molecule has 0 aromatic carbocycles. The molecule has 0 amide bonds. The topological polar surface area (TPSA) is 54.3 Å². The fourth-order valence-corrected chi connectivity index (χ4v) is 4.47. The average Bonchev–Trinajstić information content (AvgIpc) is 3.24.